The second-order valence-electron chi connectivity index (χ2n) is 4.52. The highest BCUT2D eigenvalue weighted by Gasteiger charge is 2.16. The van der Waals surface area contributed by atoms with Crippen molar-refractivity contribution in [2.24, 2.45) is 0 Å². The van der Waals surface area contributed by atoms with E-state index in [2.05, 4.69) is 16.8 Å². The maximum atomic E-state index is 12.5. The minimum atomic E-state index is -1.09. The Bertz CT molecular complexity index is 808. The van der Waals surface area contributed by atoms with E-state index in [1.54, 1.807) is 6.92 Å². The van der Waals surface area contributed by atoms with E-state index in [1.165, 1.54) is 21.4 Å². The van der Waals surface area contributed by atoms with Gasteiger partial charge in [-0.3, -0.25) is 9.13 Å². The van der Waals surface area contributed by atoms with Crippen molar-refractivity contribution in [1.29, 1.82) is 0 Å². The van der Waals surface area contributed by atoms with Crippen molar-refractivity contribution in [3.63, 3.8) is 0 Å². The molecule has 0 fully saturated rings. The molecule has 0 aromatic carbocycles. The van der Waals surface area contributed by atoms with E-state index < -0.39 is 5.97 Å². The van der Waals surface area contributed by atoms with Crippen molar-refractivity contribution in [3.05, 3.63) is 28.3 Å². The van der Waals surface area contributed by atoms with Crippen LogP contribution in [-0.2, 0) is 17.8 Å². The number of carbonyl (C=O) groups is 1. The number of hydrogen-bond donors (Lipinski definition) is 1. The molecule has 0 spiro atoms. The number of carboxylic acids is 1. The Morgan fingerprint density at radius 2 is 2.23 bits per heavy atom. The summed E-state index contributed by atoms with van der Waals surface area (Å²) in [4.78, 5) is 27.7. The first-order valence-corrected chi connectivity index (χ1v) is 6.89. The number of rotatable bonds is 6. The highest BCUT2D eigenvalue weighted by atomic mass is 16.5. The van der Waals surface area contributed by atoms with Crippen molar-refractivity contribution in [2.75, 3.05) is 13.2 Å². The average Bonchev–Trinajstić information content (AvgIpc) is 2.77. The number of carboxylic acid groups (broad SMARTS) is 1. The van der Waals surface area contributed by atoms with Gasteiger partial charge in [0.25, 0.3) is 0 Å². The summed E-state index contributed by atoms with van der Waals surface area (Å²) < 4.78 is 8.18. The van der Waals surface area contributed by atoms with Crippen LogP contribution in [0.25, 0.3) is 11.2 Å². The second kappa shape index (κ2) is 6.91. The van der Waals surface area contributed by atoms with Crippen LogP contribution in [0.15, 0.2) is 17.1 Å². The molecule has 0 aliphatic rings. The summed E-state index contributed by atoms with van der Waals surface area (Å²) in [6, 6.07) is 1.45. The van der Waals surface area contributed by atoms with Crippen LogP contribution >= 0.6 is 0 Å². The molecule has 1 N–H and O–H groups in total. The molecule has 7 heteroatoms. The van der Waals surface area contributed by atoms with Gasteiger partial charge in [0.1, 0.15) is 0 Å². The summed E-state index contributed by atoms with van der Waals surface area (Å²) in [7, 11) is 0. The predicted octanol–water partition coefficient (Wildman–Crippen LogP) is 0.956. The van der Waals surface area contributed by atoms with Gasteiger partial charge in [-0.25, -0.2) is 14.6 Å². The molecule has 22 heavy (non-hydrogen) atoms. The van der Waals surface area contributed by atoms with Gasteiger partial charge in [0.15, 0.2) is 5.65 Å². The first-order chi connectivity index (χ1) is 10.6. The van der Waals surface area contributed by atoms with Crippen LogP contribution in [0.1, 0.15) is 24.2 Å². The van der Waals surface area contributed by atoms with Gasteiger partial charge >= 0.3 is 11.7 Å². The highest BCUT2D eigenvalue weighted by molar-refractivity contribution is 5.91. The molecule has 2 heterocycles. The van der Waals surface area contributed by atoms with Crippen molar-refractivity contribution >= 4 is 17.1 Å². The number of pyridine rings is 1. The van der Waals surface area contributed by atoms with Gasteiger partial charge in [0, 0.05) is 12.8 Å². The van der Waals surface area contributed by atoms with E-state index >= 15 is 0 Å². The summed E-state index contributed by atoms with van der Waals surface area (Å²) >= 11 is 0. The molecule has 0 amide bonds. The van der Waals surface area contributed by atoms with Crippen molar-refractivity contribution in [3.8, 4) is 11.8 Å². The van der Waals surface area contributed by atoms with Gasteiger partial charge in [-0.15, -0.1) is 5.92 Å². The smallest absolute Gasteiger partial charge is 0.337 e. The van der Waals surface area contributed by atoms with E-state index in [4.69, 9.17) is 9.84 Å². The second-order valence-corrected chi connectivity index (χ2v) is 4.52. The minimum Gasteiger partial charge on any atom is -0.478 e. The van der Waals surface area contributed by atoms with Crippen LogP contribution in [0.5, 0.6) is 0 Å². The molecule has 0 atom stereocenters. The SMILES string of the molecule is CC#CCn1c(=O)n(CCOCC)c2ncc(C(=O)O)cc21. The largest absolute Gasteiger partial charge is 0.478 e. The maximum absolute atomic E-state index is 12.5. The Hall–Kier alpha value is -2.59. The lowest BCUT2D eigenvalue weighted by Crippen LogP contribution is -2.25. The molecular weight excluding hydrogens is 286 g/mol. The molecule has 2 aromatic rings. The summed E-state index contributed by atoms with van der Waals surface area (Å²) in [5.41, 5.74) is 0.664. The third kappa shape index (κ3) is 3.02. The van der Waals surface area contributed by atoms with Crippen LogP contribution in [0.4, 0.5) is 0 Å². The Morgan fingerprint density at radius 1 is 1.45 bits per heavy atom. The molecule has 0 radical (unpaired) electrons. The third-order valence-electron chi connectivity index (χ3n) is 3.18. The molecule has 0 unspecified atom stereocenters. The van der Waals surface area contributed by atoms with E-state index in [1.807, 2.05) is 6.92 Å². The molecule has 0 bridgehead atoms. The zero-order chi connectivity index (χ0) is 16.1. The number of aromatic nitrogens is 3. The normalized spacial score (nSPS) is 10.5. The standard InChI is InChI=1S/C15H17N3O4/c1-3-5-6-17-12-9-11(14(19)20)10-16-13(12)18(15(17)21)7-8-22-4-2/h9-10H,4,6-8H2,1-2H3,(H,19,20). The zero-order valence-electron chi connectivity index (χ0n) is 12.5. The van der Waals surface area contributed by atoms with Crippen LogP contribution in [0.3, 0.4) is 0 Å². The number of ether oxygens (including phenoxy) is 1. The van der Waals surface area contributed by atoms with Gasteiger partial charge in [0.2, 0.25) is 0 Å². The molecular formula is C15H17N3O4. The lowest BCUT2D eigenvalue weighted by Gasteiger charge is -2.02. The predicted molar refractivity (Wildman–Crippen MR) is 80.9 cm³/mol. The van der Waals surface area contributed by atoms with E-state index in [0.717, 1.165) is 0 Å². The number of imidazole rings is 1. The quantitative estimate of drug-likeness (QED) is 0.634. The Morgan fingerprint density at radius 3 is 2.86 bits per heavy atom. The van der Waals surface area contributed by atoms with Crippen LogP contribution in [0.2, 0.25) is 0 Å². The molecule has 0 aliphatic carbocycles. The number of fused-ring (bicyclic) bond motifs is 1. The summed E-state index contributed by atoms with van der Waals surface area (Å²) in [6.07, 6.45) is 1.25. The zero-order valence-corrected chi connectivity index (χ0v) is 12.5. The summed E-state index contributed by atoms with van der Waals surface area (Å²) in [6.45, 7) is 5.05. The summed E-state index contributed by atoms with van der Waals surface area (Å²) in [5.74, 6) is 4.46. The average molecular weight is 303 g/mol. The van der Waals surface area contributed by atoms with E-state index in [0.29, 0.717) is 30.9 Å². The highest BCUT2D eigenvalue weighted by Crippen LogP contribution is 2.13. The molecule has 7 nitrogen and oxygen atoms in total. The lowest BCUT2D eigenvalue weighted by atomic mass is 10.2. The molecule has 116 valence electrons. The van der Waals surface area contributed by atoms with Crippen molar-refractivity contribution < 1.29 is 14.6 Å². The fourth-order valence-electron chi connectivity index (χ4n) is 2.12. The Balaban J connectivity index is 2.58. The molecule has 0 saturated carbocycles. The van der Waals surface area contributed by atoms with Gasteiger partial charge in [-0.2, -0.15) is 0 Å². The van der Waals surface area contributed by atoms with Gasteiger partial charge in [-0.05, 0) is 19.9 Å². The fraction of sp³-hybridized carbons (Fsp3) is 0.400. The van der Waals surface area contributed by atoms with Crippen LogP contribution < -0.4 is 5.69 Å². The fourth-order valence-corrected chi connectivity index (χ4v) is 2.12. The van der Waals surface area contributed by atoms with E-state index in [9.17, 15) is 9.59 Å². The molecule has 0 aliphatic heterocycles. The lowest BCUT2D eigenvalue weighted by molar-refractivity contribution is 0.0696. The first-order valence-electron chi connectivity index (χ1n) is 6.89. The Kier molecular flexibility index (Phi) is 4.96. The van der Waals surface area contributed by atoms with Gasteiger partial charge in [-0.1, -0.05) is 5.92 Å². The monoisotopic (exact) mass is 303 g/mol. The molecule has 0 saturated heterocycles. The third-order valence-corrected chi connectivity index (χ3v) is 3.18. The Labute approximate surface area is 127 Å². The van der Waals surface area contributed by atoms with Crippen molar-refractivity contribution in [2.45, 2.75) is 26.9 Å². The number of aromatic carboxylic acids is 1. The molecule has 2 rings (SSSR count). The van der Waals surface area contributed by atoms with E-state index in [-0.39, 0.29) is 17.8 Å². The van der Waals surface area contributed by atoms with Gasteiger partial charge < -0.3 is 9.84 Å². The maximum Gasteiger partial charge on any atom is 0.337 e. The summed E-state index contributed by atoms with van der Waals surface area (Å²) in [5, 5.41) is 9.08. The topological polar surface area (TPSA) is 86.4 Å². The first kappa shape index (κ1) is 15.8. The van der Waals surface area contributed by atoms with Crippen LogP contribution in [-0.4, -0.2) is 38.4 Å². The molecule has 2 aromatic heterocycles. The minimum absolute atomic E-state index is 0.0349. The van der Waals surface area contributed by atoms with Gasteiger partial charge in [0.05, 0.1) is 30.8 Å². The van der Waals surface area contributed by atoms with Crippen LogP contribution in [0, 0.1) is 11.8 Å². The number of hydrogen-bond acceptors (Lipinski definition) is 4. The van der Waals surface area contributed by atoms with Crippen molar-refractivity contribution in [1.82, 2.24) is 14.1 Å². The number of nitrogens with zero attached hydrogens (tertiary/aromatic N) is 3.